The van der Waals surface area contributed by atoms with Crippen molar-refractivity contribution in [1.29, 1.82) is 0 Å². The quantitative estimate of drug-likeness (QED) is 0.200. The molecule has 184 valence electrons. The third-order valence-corrected chi connectivity index (χ3v) is 5.88. The Kier molecular flexibility index (Phi) is 11.1. The van der Waals surface area contributed by atoms with Gasteiger partial charge < -0.3 is 19.5 Å². The van der Waals surface area contributed by atoms with E-state index >= 15 is 0 Å². The van der Waals surface area contributed by atoms with Gasteiger partial charge in [0.1, 0.15) is 5.75 Å². The summed E-state index contributed by atoms with van der Waals surface area (Å²) in [5.74, 6) is 0.0479. The number of aliphatic hydroxyl groups excluding tert-OH is 1. The predicted octanol–water partition coefficient (Wildman–Crippen LogP) is 4.31. The summed E-state index contributed by atoms with van der Waals surface area (Å²) < 4.78 is 10.7. The number of carbonyl (C=O) groups is 2. The van der Waals surface area contributed by atoms with Crippen LogP contribution in [0.1, 0.15) is 83.3 Å². The van der Waals surface area contributed by atoms with Gasteiger partial charge in [0.2, 0.25) is 5.91 Å². The fourth-order valence-corrected chi connectivity index (χ4v) is 4.29. The molecule has 33 heavy (non-hydrogen) atoms. The standard InChI is InChI=1S/C24H36N2O7/c1-18(27)24-21(26(30)31)12-8-13-22(24)33-17-9-14-23(29)25(20-10-4-3-5-11-20)15-6-7-16-32-19(2)28/h8,12-13,18,20,27H,3-7,9-11,14-17H2,1-2H3. The normalized spacial score (nSPS) is 15.0. The fraction of sp³-hybridized carbons (Fsp3) is 0.667. The largest absolute Gasteiger partial charge is 0.493 e. The Morgan fingerprint density at radius 2 is 1.91 bits per heavy atom. The first-order valence-corrected chi connectivity index (χ1v) is 11.8. The maximum atomic E-state index is 13.0. The molecule has 1 atom stereocenters. The van der Waals surface area contributed by atoms with E-state index in [0.29, 0.717) is 32.4 Å². The number of nitrogens with zero attached hydrogens (tertiary/aromatic N) is 2. The van der Waals surface area contributed by atoms with Crippen molar-refractivity contribution in [2.45, 2.75) is 83.8 Å². The molecule has 2 rings (SSSR count). The van der Waals surface area contributed by atoms with Crippen molar-refractivity contribution in [2.24, 2.45) is 0 Å². The van der Waals surface area contributed by atoms with E-state index in [-0.39, 0.29) is 41.5 Å². The summed E-state index contributed by atoms with van der Waals surface area (Å²) in [7, 11) is 0. The molecule has 1 aromatic rings. The molecule has 9 heteroatoms. The first-order chi connectivity index (χ1) is 15.8. The van der Waals surface area contributed by atoms with Crippen LogP contribution in [0.5, 0.6) is 5.75 Å². The van der Waals surface area contributed by atoms with Crippen LogP contribution < -0.4 is 4.74 Å². The van der Waals surface area contributed by atoms with Gasteiger partial charge in [0.05, 0.1) is 29.8 Å². The molecule has 1 N–H and O–H groups in total. The van der Waals surface area contributed by atoms with Crippen molar-refractivity contribution in [3.8, 4) is 5.75 Å². The van der Waals surface area contributed by atoms with Gasteiger partial charge in [-0.25, -0.2) is 0 Å². The molecule has 1 unspecified atom stereocenters. The molecule has 0 spiro atoms. The number of nitro groups is 1. The van der Waals surface area contributed by atoms with Gasteiger partial charge >= 0.3 is 5.97 Å². The average Bonchev–Trinajstić information content (AvgIpc) is 2.78. The lowest BCUT2D eigenvalue weighted by Crippen LogP contribution is -2.42. The third kappa shape index (κ3) is 8.64. The van der Waals surface area contributed by atoms with Crippen LogP contribution in [0.3, 0.4) is 0 Å². The highest BCUT2D eigenvalue weighted by Gasteiger charge is 2.25. The van der Waals surface area contributed by atoms with Crippen molar-refractivity contribution in [3.05, 3.63) is 33.9 Å². The van der Waals surface area contributed by atoms with E-state index in [2.05, 4.69) is 0 Å². The van der Waals surface area contributed by atoms with Crippen LogP contribution in [0.2, 0.25) is 0 Å². The number of benzene rings is 1. The number of ether oxygens (including phenoxy) is 2. The van der Waals surface area contributed by atoms with E-state index in [1.54, 1.807) is 6.07 Å². The van der Waals surface area contributed by atoms with Gasteiger partial charge in [-0.1, -0.05) is 25.3 Å². The number of hydrogen-bond acceptors (Lipinski definition) is 7. The smallest absolute Gasteiger partial charge is 0.302 e. The second-order valence-electron chi connectivity index (χ2n) is 8.50. The van der Waals surface area contributed by atoms with Crippen LogP contribution in [-0.4, -0.2) is 52.6 Å². The summed E-state index contributed by atoms with van der Waals surface area (Å²) in [6.45, 7) is 4.07. The Hall–Kier alpha value is -2.68. The van der Waals surface area contributed by atoms with Crippen molar-refractivity contribution in [2.75, 3.05) is 19.8 Å². The van der Waals surface area contributed by atoms with Crippen LogP contribution in [0.15, 0.2) is 18.2 Å². The van der Waals surface area contributed by atoms with Gasteiger partial charge in [-0.15, -0.1) is 0 Å². The zero-order valence-electron chi connectivity index (χ0n) is 19.7. The topological polar surface area (TPSA) is 119 Å². The minimum absolute atomic E-state index is 0.0766. The average molecular weight is 465 g/mol. The number of amides is 1. The SMILES string of the molecule is CC(=O)OCCCCN(C(=O)CCCOc1cccc([N+](=O)[O-])c1C(C)O)C1CCCCC1. The van der Waals surface area contributed by atoms with Crippen LogP contribution in [0.25, 0.3) is 0 Å². The molecule has 0 radical (unpaired) electrons. The number of rotatable bonds is 13. The summed E-state index contributed by atoms with van der Waals surface area (Å²) in [5.41, 5.74) is -0.0405. The maximum absolute atomic E-state index is 13.0. The number of unbranched alkanes of at least 4 members (excludes halogenated alkanes) is 1. The zero-order chi connectivity index (χ0) is 24.2. The Morgan fingerprint density at radius 1 is 1.18 bits per heavy atom. The molecule has 0 aliphatic heterocycles. The highest BCUT2D eigenvalue weighted by Crippen LogP contribution is 2.34. The second kappa shape index (κ2) is 13.8. The van der Waals surface area contributed by atoms with Gasteiger partial charge in [0, 0.05) is 32.0 Å². The lowest BCUT2D eigenvalue weighted by atomic mass is 9.93. The summed E-state index contributed by atoms with van der Waals surface area (Å²) in [4.78, 5) is 36.6. The molecule has 1 aliphatic carbocycles. The van der Waals surface area contributed by atoms with E-state index in [1.807, 2.05) is 4.90 Å². The van der Waals surface area contributed by atoms with Crippen LogP contribution in [0, 0.1) is 10.1 Å². The highest BCUT2D eigenvalue weighted by atomic mass is 16.6. The molecule has 1 aliphatic rings. The van der Waals surface area contributed by atoms with Gasteiger partial charge in [-0.3, -0.25) is 19.7 Å². The summed E-state index contributed by atoms with van der Waals surface area (Å²) >= 11 is 0. The second-order valence-corrected chi connectivity index (χ2v) is 8.50. The molecule has 9 nitrogen and oxygen atoms in total. The Balaban J connectivity index is 1.89. The number of hydrogen-bond donors (Lipinski definition) is 1. The molecular formula is C24H36N2O7. The molecule has 1 fully saturated rings. The van der Waals surface area contributed by atoms with E-state index < -0.39 is 11.0 Å². The van der Waals surface area contributed by atoms with E-state index in [0.717, 1.165) is 32.1 Å². The molecule has 1 saturated carbocycles. The Labute approximate surface area is 195 Å². The molecule has 1 amide bonds. The van der Waals surface area contributed by atoms with Crippen molar-refractivity contribution in [3.63, 3.8) is 0 Å². The number of aliphatic hydroxyl groups is 1. The first-order valence-electron chi connectivity index (χ1n) is 11.8. The molecule has 1 aromatic carbocycles. The lowest BCUT2D eigenvalue weighted by molar-refractivity contribution is -0.386. The van der Waals surface area contributed by atoms with Gasteiger partial charge in [-0.2, -0.15) is 0 Å². The summed E-state index contributed by atoms with van der Waals surface area (Å²) in [5, 5.41) is 21.2. The third-order valence-electron chi connectivity index (χ3n) is 5.88. The molecule has 0 aromatic heterocycles. The van der Waals surface area contributed by atoms with Crippen LogP contribution in [-0.2, 0) is 14.3 Å². The van der Waals surface area contributed by atoms with Gasteiger partial charge in [0.15, 0.2) is 0 Å². The predicted molar refractivity (Wildman–Crippen MR) is 123 cm³/mol. The number of esters is 1. The molecule has 0 heterocycles. The molecule has 0 bridgehead atoms. The molecule has 0 saturated heterocycles. The van der Waals surface area contributed by atoms with Crippen molar-refractivity contribution in [1.82, 2.24) is 4.90 Å². The van der Waals surface area contributed by atoms with E-state index in [9.17, 15) is 24.8 Å². The van der Waals surface area contributed by atoms with Gasteiger partial charge in [0.25, 0.3) is 5.69 Å². The first kappa shape index (κ1) is 26.6. The van der Waals surface area contributed by atoms with Crippen LogP contribution in [0.4, 0.5) is 5.69 Å². The van der Waals surface area contributed by atoms with Crippen molar-refractivity contribution >= 4 is 17.6 Å². The zero-order valence-corrected chi connectivity index (χ0v) is 19.7. The van der Waals surface area contributed by atoms with Gasteiger partial charge in [-0.05, 0) is 45.1 Å². The summed E-state index contributed by atoms with van der Waals surface area (Å²) in [6.07, 6.45) is 6.71. The van der Waals surface area contributed by atoms with Crippen LogP contribution >= 0.6 is 0 Å². The summed E-state index contributed by atoms with van der Waals surface area (Å²) in [6, 6.07) is 4.70. The fourth-order valence-electron chi connectivity index (χ4n) is 4.29. The van der Waals surface area contributed by atoms with Crippen molar-refractivity contribution < 1.29 is 29.1 Å². The monoisotopic (exact) mass is 464 g/mol. The minimum atomic E-state index is -1.04. The van der Waals surface area contributed by atoms with E-state index in [4.69, 9.17) is 9.47 Å². The van der Waals surface area contributed by atoms with E-state index in [1.165, 1.54) is 32.4 Å². The molecular weight excluding hydrogens is 428 g/mol. The Bertz CT molecular complexity index is 791. The number of carbonyl (C=O) groups excluding carboxylic acids is 2. The maximum Gasteiger partial charge on any atom is 0.302 e. The minimum Gasteiger partial charge on any atom is -0.493 e. The number of nitro benzene ring substituents is 1. The Morgan fingerprint density at radius 3 is 2.55 bits per heavy atom. The highest BCUT2D eigenvalue weighted by molar-refractivity contribution is 5.76. The lowest BCUT2D eigenvalue weighted by Gasteiger charge is -2.34.